The molecule has 112 valence electrons. The van der Waals surface area contributed by atoms with Gasteiger partial charge in [0.2, 0.25) is 0 Å². The molecule has 1 aliphatic rings. The summed E-state index contributed by atoms with van der Waals surface area (Å²) >= 11 is 0. The van der Waals surface area contributed by atoms with E-state index in [4.69, 9.17) is 0 Å². The van der Waals surface area contributed by atoms with E-state index in [0.29, 0.717) is 12.1 Å². The highest BCUT2D eigenvalue weighted by molar-refractivity contribution is 5.93. The molecular weight excluding hydrogens is 258 g/mol. The van der Waals surface area contributed by atoms with Gasteiger partial charge in [-0.3, -0.25) is 4.98 Å². The number of anilines is 1. The maximum Gasteiger partial charge on any atom is 0.0450 e. The van der Waals surface area contributed by atoms with Gasteiger partial charge < -0.3 is 10.2 Å². The number of hydrogen-bond donors (Lipinski definition) is 1. The van der Waals surface area contributed by atoms with Gasteiger partial charge in [-0.2, -0.15) is 0 Å². The van der Waals surface area contributed by atoms with E-state index >= 15 is 0 Å². The third-order valence-electron chi connectivity index (χ3n) is 4.58. The van der Waals surface area contributed by atoms with Crippen molar-refractivity contribution in [3.8, 4) is 0 Å². The number of fused-ring (bicyclic) bond motifs is 1. The fourth-order valence-electron chi connectivity index (χ4n) is 3.14. The van der Waals surface area contributed by atoms with Gasteiger partial charge in [0.25, 0.3) is 0 Å². The quantitative estimate of drug-likeness (QED) is 0.869. The van der Waals surface area contributed by atoms with Crippen LogP contribution in [0.15, 0.2) is 36.7 Å². The van der Waals surface area contributed by atoms with Crippen LogP contribution in [0.3, 0.4) is 0 Å². The summed E-state index contributed by atoms with van der Waals surface area (Å²) in [6.45, 7) is 11.3. The third-order valence-corrected chi connectivity index (χ3v) is 4.58. The predicted molar refractivity (Wildman–Crippen MR) is 89.8 cm³/mol. The van der Waals surface area contributed by atoms with Crippen molar-refractivity contribution in [2.75, 3.05) is 18.0 Å². The van der Waals surface area contributed by atoms with Crippen LogP contribution in [0.5, 0.6) is 0 Å². The molecule has 0 bridgehead atoms. The molecular formula is C18H25N3. The Morgan fingerprint density at radius 2 is 2.05 bits per heavy atom. The minimum atomic E-state index is 0.268. The van der Waals surface area contributed by atoms with Gasteiger partial charge in [-0.05, 0) is 24.5 Å². The lowest BCUT2D eigenvalue weighted by Crippen LogP contribution is -2.59. The van der Waals surface area contributed by atoms with Crippen LogP contribution in [-0.4, -0.2) is 30.2 Å². The number of aromatic nitrogens is 1. The van der Waals surface area contributed by atoms with Crippen molar-refractivity contribution in [2.45, 2.75) is 39.8 Å². The molecule has 0 spiro atoms. The third kappa shape index (κ3) is 2.75. The highest BCUT2D eigenvalue weighted by Gasteiger charge is 2.32. The minimum absolute atomic E-state index is 0.268. The van der Waals surface area contributed by atoms with Crippen molar-refractivity contribution in [1.29, 1.82) is 0 Å². The van der Waals surface area contributed by atoms with Crippen LogP contribution in [0.25, 0.3) is 10.8 Å². The fraction of sp³-hybridized carbons (Fsp3) is 0.500. The molecule has 3 rings (SSSR count). The zero-order valence-corrected chi connectivity index (χ0v) is 13.4. The van der Waals surface area contributed by atoms with E-state index in [1.165, 1.54) is 16.5 Å². The number of hydrogen-bond acceptors (Lipinski definition) is 3. The summed E-state index contributed by atoms with van der Waals surface area (Å²) in [5.41, 5.74) is 1.60. The maximum absolute atomic E-state index is 4.24. The van der Waals surface area contributed by atoms with E-state index in [-0.39, 0.29) is 5.41 Å². The highest BCUT2D eigenvalue weighted by Crippen LogP contribution is 2.31. The molecule has 1 N–H and O–H groups in total. The molecule has 1 fully saturated rings. The van der Waals surface area contributed by atoms with Crippen LogP contribution < -0.4 is 10.2 Å². The first-order chi connectivity index (χ1) is 9.97. The molecule has 2 atom stereocenters. The van der Waals surface area contributed by atoms with Crippen LogP contribution in [-0.2, 0) is 0 Å². The van der Waals surface area contributed by atoms with Gasteiger partial charge in [-0.1, -0.05) is 32.9 Å². The van der Waals surface area contributed by atoms with E-state index in [1.807, 2.05) is 12.4 Å². The first-order valence-corrected chi connectivity index (χ1v) is 7.79. The normalized spacial score (nSPS) is 23.5. The van der Waals surface area contributed by atoms with E-state index in [2.05, 4.69) is 67.2 Å². The maximum atomic E-state index is 4.24. The van der Waals surface area contributed by atoms with E-state index in [9.17, 15) is 0 Å². The Morgan fingerprint density at radius 1 is 1.24 bits per heavy atom. The monoisotopic (exact) mass is 283 g/mol. The minimum Gasteiger partial charge on any atom is -0.365 e. The van der Waals surface area contributed by atoms with E-state index in [1.54, 1.807) is 0 Å². The van der Waals surface area contributed by atoms with Gasteiger partial charge in [0.05, 0.1) is 0 Å². The molecule has 1 aliphatic heterocycles. The fourth-order valence-corrected chi connectivity index (χ4v) is 3.14. The topological polar surface area (TPSA) is 28.2 Å². The first kappa shape index (κ1) is 14.3. The van der Waals surface area contributed by atoms with Crippen LogP contribution in [0.4, 0.5) is 5.69 Å². The molecule has 1 saturated heterocycles. The molecule has 2 unspecified atom stereocenters. The van der Waals surface area contributed by atoms with Gasteiger partial charge in [-0.15, -0.1) is 0 Å². The van der Waals surface area contributed by atoms with Crippen LogP contribution in [0.2, 0.25) is 0 Å². The second-order valence-corrected chi connectivity index (χ2v) is 7.20. The SMILES string of the molecule is CC1CNC(C(C)(C)C)CN1c1cccc2cnccc12. The smallest absolute Gasteiger partial charge is 0.0450 e. The van der Waals surface area contributed by atoms with Crippen molar-refractivity contribution in [3.63, 3.8) is 0 Å². The van der Waals surface area contributed by atoms with Crippen molar-refractivity contribution >= 4 is 16.5 Å². The summed E-state index contributed by atoms with van der Waals surface area (Å²) in [5, 5.41) is 6.22. The molecule has 3 heteroatoms. The first-order valence-electron chi connectivity index (χ1n) is 7.79. The summed E-state index contributed by atoms with van der Waals surface area (Å²) in [4.78, 5) is 6.79. The van der Waals surface area contributed by atoms with Crippen LogP contribution in [0, 0.1) is 5.41 Å². The van der Waals surface area contributed by atoms with Gasteiger partial charge in [0, 0.05) is 54.0 Å². The average molecular weight is 283 g/mol. The molecule has 0 radical (unpaired) electrons. The molecule has 1 aromatic carbocycles. The van der Waals surface area contributed by atoms with Crippen molar-refractivity contribution < 1.29 is 0 Å². The lowest BCUT2D eigenvalue weighted by molar-refractivity contribution is 0.239. The number of pyridine rings is 1. The molecule has 0 aliphatic carbocycles. The Hall–Kier alpha value is -1.61. The molecule has 0 amide bonds. The lowest BCUT2D eigenvalue weighted by atomic mass is 9.84. The number of rotatable bonds is 1. The number of piperazine rings is 1. The molecule has 21 heavy (non-hydrogen) atoms. The second kappa shape index (κ2) is 5.30. The van der Waals surface area contributed by atoms with Gasteiger partial charge in [0.15, 0.2) is 0 Å². The lowest BCUT2D eigenvalue weighted by Gasteiger charge is -2.45. The Morgan fingerprint density at radius 3 is 2.81 bits per heavy atom. The average Bonchev–Trinajstić information content (AvgIpc) is 2.46. The molecule has 3 nitrogen and oxygen atoms in total. The van der Waals surface area contributed by atoms with Crippen molar-refractivity contribution in [3.05, 3.63) is 36.7 Å². The zero-order valence-electron chi connectivity index (χ0n) is 13.4. The van der Waals surface area contributed by atoms with Gasteiger partial charge >= 0.3 is 0 Å². The Labute approximate surface area is 127 Å². The summed E-state index contributed by atoms with van der Waals surface area (Å²) in [7, 11) is 0. The summed E-state index contributed by atoms with van der Waals surface area (Å²) in [6, 6.07) is 9.66. The summed E-state index contributed by atoms with van der Waals surface area (Å²) in [6.07, 6.45) is 3.84. The standard InChI is InChI=1S/C18H25N3/c1-13-10-20-17(18(2,3)4)12-21(13)16-7-5-6-14-11-19-9-8-15(14)16/h5-9,11,13,17,20H,10,12H2,1-4H3. The Bertz CT molecular complexity index is 624. The molecule has 2 aromatic rings. The molecule has 0 saturated carbocycles. The Kier molecular flexibility index (Phi) is 3.62. The summed E-state index contributed by atoms with van der Waals surface area (Å²) in [5.74, 6) is 0. The predicted octanol–water partition coefficient (Wildman–Crippen LogP) is 3.45. The highest BCUT2D eigenvalue weighted by atomic mass is 15.2. The number of nitrogens with one attached hydrogen (secondary N) is 1. The van der Waals surface area contributed by atoms with Crippen molar-refractivity contribution in [2.24, 2.45) is 5.41 Å². The second-order valence-electron chi connectivity index (χ2n) is 7.20. The summed E-state index contributed by atoms with van der Waals surface area (Å²) < 4.78 is 0. The number of benzene rings is 1. The van der Waals surface area contributed by atoms with Gasteiger partial charge in [-0.25, -0.2) is 0 Å². The van der Waals surface area contributed by atoms with Crippen LogP contribution >= 0.6 is 0 Å². The van der Waals surface area contributed by atoms with E-state index in [0.717, 1.165) is 13.1 Å². The zero-order chi connectivity index (χ0) is 15.0. The van der Waals surface area contributed by atoms with Gasteiger partial charge in [0.1, 0.15) is 0 Å². The van der Waals surface area contributed by atoms with Crippen LogP contribution in [0.1, 0.15) is 27.7 Å². The van der Waals surface area contributed by atoms with Crippen molar-refractivity contribution in [1.82, 2.24) is 10.3 Å². The molecule has 2 heterocycles. The largest absolute Gasteiger partial charge is 0.365 e. The molecule has 1 aromatic heterocycles. The number of nitrogens with zero attached hydrogens (tertiary/aromatic N) is 2. The Balaban J connectivity index is 2.00. The van der Waals surface area contributed by atoms with E-state index < -0.39 is 0 Å².